The lowest BCUT2D eigenvalue weighted by Crippen LogP contribution is -2.55. The second kappa shape index (κ2) is 9.10. The minimum absolute atomic E-state index is 0.128. The molecule has 1 amide bonds. The third-order valence-corrected chi connectivity index (χ3v) is 7.21. The van der Waals surface area contributed by atoms with Gasteiger partial charge in [0.15, 0.2) is 5.82 Å². The molecule has 2 aliphatic heterocycles. The Bertz CT molecular complexity index is 1210. The van der Waals surface area contributed by atoms with Gasteiger partial charge in [-0.05, 0) is 56.0 Å². The fraction of sp³-hybridized carbons (Fsp3) is 0.423. The van der Waals surface area contributed by atoms with Gasteiger partial charge in [0.1, 0.15) is 11.6 Å². The molecule has 2 saturated heterocycles. The highest BCUT2D eigenvalue weighted by Gasteiger charge is 2.39. The van der Waals surface area contributed by atoms with Crippen molar-refractivity contribution in [3.05, 3.63) is 48.0 Å². The van der Waals surface area contributed by atoms with E-state index in [1.54, 1.807) is 19.2 Å². The van der Waals surface area contributed by atoms with Gasteiger partial charge in [0, 0.05) is 37.5 Å². The summed E-state index contributed by atoms with van der Waals surface area (Å²) in [5.41, 5.74) is 2.46. The number of fused-ring (bicyclic) bond motifs is 1. The van der Waals surface area contributed by atoms with Crippen molar-refractivity contribution in [1.29, 1.82) is 0 Å². The van der Waals surface area contributed by atoms with E-state index in [0.717, 1.165) is 48.2 Å². The maximum Gasteiger partial charge on any atom is 0.407 e. The summed E-state index contributed by atoms with van der Waals surface area (Å²) >= 11 is 0. The SMILES string of the molecule is Cc1ccc2c(N3C[C@@H](N(C)C(=O)O)CCC3C3CCOC3)nc(-c3ccccc3O)nc2c1. The first kappa shape index (κ1) is 22.4. The summed E-state index contributed by atoms with van der Waals surface area (Å²) in [5, 5.41) is 21.1. The van der Waals surface area contributed by atoms with Crippen LogP contribution < -0.4 is 4.90 Å². The van der Waals surface area contributed by atoms with Crippen LogP contribution in [0.1, 0.15) is 24.8 Å². The number of para-hydroxylation sites is 1. The zero-order valence-corrected chi connectivity index (χ0v) is 19.5. The smallest absolute Gasteiger partial charge is 0.407 e. The first-order valence-corrected chi connectivity index (χ1v) is 11.8. The number of ether oxygens (including phenoxy) is 1. The highest BCUT2D eigenvalue weighted by Crippen LogP contribution is 2.38. The number of anilines is 1. The van der Waals surface area contributed by atoms with Gasteiger partial charge in [-0.1, -0.05) is 18.2 Å². The molecule has 3 atom stereocenters. The van der Waals surface area contributed by atoms with Crippen molar-refractivity contribution in [3.8, 4) is 17.1 Å². The Hall–Kier alpha value is -3.39. The fourth-order valence-electron chi connectivity index (χ4n) is 5.26. The lowest BCUT2D eigenvalue weighted by atomic mass is 9.87. The molecule has 2 aromatic carbocycles. The van der Waals surface area contributed by atoms with Crippen molar-refractivity contribution in [2.45, 2.75) is 38.3 Å². The number of carboxylic acid groups (broad SMARTS) is 1. The van der Waals surface area contributed by atoms with Crippen LogP contribution in [0.3, 0.4) is 0 Å². The number of phenolic OH excluding ortho intramolecular Hbond substituents is 1. The number of aromatic nitrogens is 2. The summed E-state index contributed by atoms with van der Waals surface area (Å²) in [6.07, 6.45) is 1.72. The normalized spacial score (nSPS) is 22.8. The second-order valence-corrected chi connectivity index (χ2v) is 9.38. The topological polar surface area (TPSA) is 99.0 Å². The highest BCUT2D eigenvalue weighted by molar-refractivity contribution is 5.92. The Morgan fingerprint density at radius 2 is 1.97 bits per heavy atom. The molecular formula is C26H30N4O4. The van der Waals surface area contributed by atoms with Crippen molar-refractivity contribution in [1.82, 2.24) is 14.9 Å². The lowest BCUT2D eigenvalue weighted by Gasteiger charge is -2.45. The molecule has 8 heteroatoms. The van der Waals surface area contributed by atoms with Crippen molar-refractivity contribution >= 4 is 22.8 Å². The fourth-order valence-corrected chi connectivity index (χ4v) is 5.26. The largest absolute Gasteiger partial charge is 0.507 e. The summed E-state index contributed by atoms with van der Waals surface area (Å²) in [4.78, 5) is 25.2. The summed E-state index contributed by atoms with van der Waals surface area (Å²) in [5.74, 6) is 1.73. The van der Waals surface area contributed by atoms with Gasteiger partial charge in [0.25, 0.3) is 0 Å². The molecule has 2 N–H and O–H groups in total. The zero-order valence-electron chi connectivity index (χ0n) is 19.5. The number of carbonyl (C=O) groups is 1. The summed E-state index contributed by atoms with van der Waals surface area (Å²) in [6, 6.07) is 13.3. The quantitative estimate of drug-likeness (QED) is 0.597. The summed E-state index contributed by atoms with van der Waals surface area (Å²) < 4.78 is 5.72. The zero-order chi connectivity index (χ0) is 23.8. The highest BCUT2D eigenvalue weighted by atomic mass is 16.5. The summed E-state index contributed by atoms with van der Waals surface area (Å²) in [6.45, 7) is 4.03. The van der Waals surface area contributed by atoms with Gasteiger partial charge >= 0.3 is 6.09 Å². The van der Waals surface area contributed by atoms with E-state index in [2.05, 4.69) is 4.90 Å². The van der Waals surface area contributed by atoms with Crippen LogP contribution in [0.2, 0.25) is 0 Å². The first-order chi connectivity index (χ1) is 16.4. The predicted octanol–water partition coefficient (Wildman–Crippen LogP) is 4.29. The molecule has 0 saturated carbocycles. The van der Waals surface area contributed by atoms with E-state index in [1.807, 2.05) is 37.3 Å². The molecule has 0 bridgehead atoms. The third kappa shape index (κ3) is 4.14. The Morgan fingerprint density at radius 1 is 1.15 bits per heavy atom. The van der Waals surface area contributed by atoms with Gasteiger partial charge in [-0.25, -0.2) is 14.8 Å². The number of aromatic hydroxyl groups is 1. The average molecular weight is 463 g/mol. The molecule has 2 unspecified atom stereocenters. The van der Waals surface area contributed by atoms with Gasteiger partial charge in [0.05, 0.1) is 23.7 Å². The number of amides is 1. The molecule has 34 heavy (non-hydrogen) atoms. The molecule has 178 valence electrons. The van der Waals surface area contributed by atoms with Crippen LogP contribution in [0.15, 0.2) is 42.5 Å². The van der Waals surface area contributed by atoms with E-state index < -0.39 is 6.09 Å². The van der Waals surface area contributed by atoms with E-state index in [-0.39, 0.29) is 17.8 Å². The molecule has 0 radical (unpaired) electrons. The standard InChI is InChI=1S/C26H30N4O4/c1-16-7-9-19-21(13-16)27-24(20-5-3-4-6-23(20)31)28-25(19)30-14-18(29(2)26(32)33)8-10-22(30)17-11-12-34-15-17/h3-7,9,13,17-18,22,31H,8,10-12,14-15H2,1-2H3,(H,32,33)/t17?,18-,22?/m0/s1. The number of nitrogens with zero attached hydrogens (tertiary/aromatic N) is 4. The maximum absolute atomic E-state index is 11.7. The Balaban J connectivity index is 1.66. The van der Waals surface area contributed by atoms with Gasteiger partial charge in [-0.3, -0.25) is 0 Å². The summed E-state index contributed by atoms with van der Waals surface area (Å²) in [7, 11) is 1.64. The van der Waals surface area contributed by atoms with Crippen molar-refractivity contribution in [2.24, 2.45) is 5.92 Å². The van der Waals surface area contributed by atoms with Crippen LogP contribution in [-0.2, 0) is 4.74 Å². The van der Waals surface area contributed by atoms with E-state index >= 15 is 0 Å². The first-order valence-electron chi connectivity index (χ1n) is 11.8. The minimum Gasteiger partial charge on any atom is -0.507 e. The van der Waals surface area contributed by atoms with Crippen molar-refractivity contribution in [3.63, 3.8) is 0 Å². The molecule has 2 aliphatic rings. The molecule has 5 rings (SSSR count). The van der Waals surface area contributed by atoms with Crippen LogP contribution >= 0.6 is 0 Å². The van der Waals surface area contributed by atoms with E-state index in [9.17, 15) is 15.0 Å². The van der Waals surface area contributed by atoms with Gasteiger partial charge in [-0.2, -0.15) is 0 Å². The lowest BCUT2D eigenvalue weighted by molar-refractivity contribution is 0.124. The molecule has 3 heterocycles. The number of piperidine rings is 1. The van der Waals surface area contributed by atoms with Gasteiger partial charge in [0.2, 0.25) is 0 Å². The number of hydrogen-bond acceptors (Lipinski definition) is 6. The number of hydrogen-bond donors (Lipinski definition) is 2. The molecule has 1 aromatic heterocycles. The Labute approximate surface area is 198 Å². The molecule has 0 aliphatic carbocycles. The average Bonchev–Trinajstić information content (AvgIpc) is 3.37. The van der Waals surface area contributed by atoms with E-state index in [0.29, 0.717) is 30.5 Å². The molecular weight excluding hydrogens is 432 g/mol. The minimum atomic E-state index is -0.925. The van der Waals surface area contributed by atoms with Gasteiger partial charge in [-0.15, -0.1) is 0 Å². The molecule has 2 fully saturated rings. The van der Waals surface area contributed by atoms with Crippen molar-refractivity contribution in [2.75, 3.05) is 31.7 Å². The molecule has 0 spiro atoms. The third-order valence-electron chi connectivity index (χ3n) is 7.21. The number of phenols is 1. The van der Waals surface area contributed by atoms with Crippen LogP contribution in [0.4, 0.5) is 10.6 Å². The van der Waals surface area contributed by atoms with Crippen LogP contribution in [-0.4, -0.2) is 70.1 Å². The number of rotatable bonds is 4. The Kier molecular flexibility index (Phi) is 6.00. The number of aryl methyl sites for hydroxylation is 1. The maximum atomic E-state index is 11.7. The van der Waals surface area contributed by atoms with Crippen LogP contribution in [0.25, 0.3) is 22.3 Å². The molecule has 3 aromatic rings. The monoisotopic (exact) mass is 462 g/mol. The van der Waals surface area contributed by atoms with E-state index in [4.69, 9.17) is 14.7 Å². The molecule has 8 nitrogen and oxygen atoms in total. The van der Waals surface area contributed by atoms with E-state index in [1.165, 1.54) is 4.90 Å². The van der Waals surface area contributed by atoms with Crippen molar-refractivity contribution < 1.29 is 19.7 Å². The number of benzene rings is 2. The Morgan fingerprint density at radius 3 is 2.71 bits per heavy atom. The second-order valence-electron chi connectivity index (χ2n) is 9.38. The van der Waals surface area contributed by atoms with Crippen LogP contribution in [0.5, 0.6) is 5.75 Å². The number of likely N-dealkylation sites (N-methyl/N-ethyl adjacent to an activating group) is 1. The predicted molar refractivity (Wildman–Crippen MR) is 130 cm³/mol. The van der Waals surface area contributed by atoms with Gasteiger partial charge < -0.3 is 24.7 Å². The van der Waals surface area contributed by atoms with Crippen LogP contribution in [0, 0.1) is 12.8 Å².